The van der Waals surface area contributed by atoms with E-state index in [0.29, 0.717) is 0 Å². The number of aryl methyl sites for hydroxylation is 1. The molecule has 0 aliphatic carbocycles. The second kappa shape index (κ2) is 7.57. The van der Waals surface area contributed by atoms with Crippen LogP contribution >= 0.6 is 0 Å². The molecule has 1 saturated heterocycles. The van der Waals surface area contributed by atoms with E-state index in [9.17, 15) is 4.79 Å². The van der Waals surface area contributed by atoms with Crippen LogP contribution in [0.3, 0.4) is 0 Å². The second-order valence-electron chi connectivity index (χ2n) is 5.69. The molecule has 4 heteroatoms. The van der Waals surface area contributed by atoms with Gasteiger partial charge in [-0.1, -0.05) is 26.0 Å². The van der Waals surface area contributed by atoms with Gasteiger partial charge in [0.2, 0.25) is 5.91 Å². The Morgan fingerprint density at radius 1 is 1.14 bits per heavy atom. The fourth-order valence-electron chi connectivity index (χ4n) is 2.70. The highest BCUT2D eigenvalue weighted by Gasteiger charge is 2.24. The summed E-state index contributed by atoms with van der Waals surface area (Å²) in [6.45, 7) is 11.5. The highest BCUT2D eigenvalue weighted by Crippen LogP contribution is 2.12. The second-order valence-corrected chi connectivity index (χ2v) is 5.69. The Kier molecular flexibility index (Phi) is 5.76. The molecule has 0 saturated carbocycles. The summed E-state index contributed by atoms with van der Waals surface area (Å²) >= 11 is 0. The lowest BCUT2D eigenvalue weighted by Gasteiger charge is -2.36. The average molecular weight is 289 g/mol. The van der Waals surface area contributed by atoms with Gasteiger partial charge in [-0.25, -0.2) is 0 Å². The van der Waals surface area contributed by atoms with Gasteiger partial charge in [-0.15, -0.1) is 0 Å². The number of anilines is 1. The lowest BCUT2D eigenvalue weighted by atomic mass is 10.1. The maximum atomic E-state index is 12.4. The predicted molar refractivity (Wildman–Crippen MR) is 87.6 cm³/mol. The van der Waals surface area contributed by atoms with Crippen LogP contribution in [0.4, 0.5) is 5.69 Å². The predicted octanol–water partition coefficient (Wildman–Crippen LogP) is 2.21. The molecule has 0 bridgehead atoms. The summed E-state index contributed by atoms with van der Waals surface area (Å²) in [7, 11) is 0. The molecular formula is C17H27N3O. The molecule has 21 heavy (non-hydrogen) atoms. The third-order valence-electron chi connectivity index (χ3n) is 4.41. The van der Waals surface area contributed by atoms with Crippen molar-refractivity contribution in [3.63, 3.8) is 0 Å². The molecule has 1 amide bonds. The minimum atomic E-state index is -0.0742. The molecule has 0 radical (unpaired) electrons. The highest BCUT2D eigenvalue weighted by molar-refractivity contribution is 5.94. The first kappa shape index (κ1) is 16.0. The van der Waals surface area contributed by atoms with E-state index in [0.717, 1.165) is 44.8 Å². The Hall–Kier alpha value is -1.39. The Morgan fingerprint density at radius 2 is 1.76 bits per heavy atom. The van der Waals surface area contributed by atoms with Gasteiger partial charge in [-0.05, 0) is 37.6 Å². The molecule has 0 spiro atoms. The molecule has 1 aromatic carbocycles. The van der Waals surface area contributed by atoms with Crippen molar-refractivity contribution in [1.29, 1.82) is 0 Å². The standard InChI is InChI=1S/C17H27N3O/c1-4-15-6-8-16(9-7-15)18-17(21)14(3)20-12-10-19(5-2)11-13-20/h6-9,14H,4-5,10-13H2,1-3H3,(H,18,21)/t14-/m0/s1. The van der Waals surface area contributed by atoms with Gasteiger partial charge in [0, 0.05) is 31.9 Å². The van der Waals surface area contributed by atoms with E-state index in [-0.39, 0.29) is 11.9 Å². The fourth-order valence-corrected chi connectivity index (χ4v) is 2.70. The number of nitrogens with zero attached hydrogens (tertiary/aromatic N) is 2. The Morgan fingerprint density at radius 3 is 2.29 bits per heavy atom. The van der Waals surface area contributed by atoms with Crippen LogP contribution in [0.15, 0.2) is 24.3 Å². The van der Waals surface area contributed by atoms with Crippen molar-refractivity contribution in [2.24, 2.45) is 0 Å². The first-order chi connectivity index (χ1) is 10.1. The summed E-state index contributed by atoms with van der Waals surface area (Å²) in [6, 6.07) is 8.03. The lowest BCUT2D eigenvalue weighted by molar-refractivity contribution is -0.121. The molecule has 1 fully saturated rings. The van der Waals surface area contributed by atoms with Crippen molar-refractivity contribution in [2.75, 3.05) is 38.0 Å². The summed E-state index contributed by atoms with van der Waals surface area (Å²) in [6.07, 6.45) is 1.02. The number of rotatable bonds is 5. The van der Waals surface area contributed by atoms with Crippen LogP contribution in [0.2, 0.25) is 0 Å². The Balaban J connectivity index is 1.87. The molecule has 1 heterocycles. The van der Waals surface area contributed by atoms with Gasteiger partial charge >= 0.3 is 0 Å². The van der Waals surface area contributed by atoms with E-state index in [4.69, 9.17) is 0 Å². The zero-order valence-corrected chi connectivity index (χ0v) is 13.4. The van der Waals surface area contributed by atoms with E-state index in [1.165, 1.54) is 5.56 Å². The molecular weight excluding hydrogens is 262 g/mol. The van der Waals surface area contributed by atoms with Crippen molar-refractivity contribution in [3.8, 4) is 0 Å². The molecule has 2 rings (SSSR count). The molecule has 1 aromatic rings. The van der Waals surface area contributed by atoms with E-state index in [2.05, 4.69) is 41.1 Å². The van der Waals surface area contributed by atoms with Crippen molar-refractivity contribution >= 4 is 11.6 Å². The number of carbonyl (C=O) groups excluding carboxylic acids is 1. The van der Waals surface area contributed by atoms with Crippen LogP contribution in [0.5, 0.6) is 0 Å². The normalized spacial score (nSPS) is 18.4. The molecule has 1 aliphatic rings. The van der Waals surface area contributed by atoms with Gasteiger partial charge in [-0.3, -0.25) is 9.69 Å². The first-order valence-corrected chi connectivity index (χ1v) is 8.00. The fraction of sp³-hybridized carbons (Fsp3) is 0.588. The molecule has 116 valence electrons. The topological polar surface area (TPSA) is 35.6 Å². The van der Waals surface area contributed by atoms with E-state index in [1.807, 2.05) is 19.1 Å². The number of nitrogens with one attached hydrogen (secondary N) is 1. The number of benzene rings is 1. The molecule has 0 aromatic heterocycles. The zero-order chi connectivity index (χ0) is 15.2. The number of carbonyl (C=O) groups is 1. The van der Waals surface area contributed by atoms with Crippen molar-refractivity contribution in [1.82, 2.24) is 9.80 Å². The minimum absolute atomic E-state index is 0.0742. The van der Waals surface area contributed by atoms with Gasteiger partial charge in [0.15, 0.2) is 0 Å². The minimum Gasteiger partial charge on any atom is -0.325 e. The summed E-state index contributed by atoms with van der Waals surface area (Å²) in [5.41, 5.74) is 2.17. The lowest BCUT2D eigenvalue weighted by Crippen LogP contribution is -2.52. The van der Waals surface area contributed by atoms with Crippen LogP contribution in [0.1, 0.15) is 26.3 Å². The number of hydrogen-bond acceptors (Lipinski definition) is 3. The van der Waals surface area contributed by atoms with Gasteiger partial charge in [-0.2, -0.15) is 0 Å². The van der Waals surface area contributed by atoms with Gasteiger partial charge in [0.1, 0.15) is 0 Å². The summed E-state index contributed by atoms with van der Waals surface area (Å²) in [5.74, 6) is 0.0872. The molecule has 4 nitrogen and oxygen atoms in total. The van der Waals surface area contributed by atoms with Crippen LogP contribution < -0.4 is 5.32 Å². The smallest absolute Gasteiger partial charge is 0.241 e. The summed E-state index contributed by atoms with van der Waals surface area (Å²) in [4.78, 5) is 17.0. The maximum Gasteiger partial charge on any atom is 0.241 e. The van der Waals surface area contributed by atoms with E-state index in [1.54, 1.807) is 0 Å². The maximum absolute atomic E-state index is 12.4. The van der Waals surface area contributed by atoms with Crippen LogP contribution in [0.25, 0.3) is 0 Å². The quantitative estimate of drug-likeness (QED) is 0.903. The highest BCUT2D eigenvalue weighted by atomic mass is 16.2. The first-order valence-electron chi connectivity index (χ1n) is 8.00. The number of amides is 1. The van der Waals surface area contributed by atoms with Crippen molar-refractivity contribution in [2.45, 2.75) is 33.2 Å². The average Bonchev–Trinajstić information content (AvgIpc) is 2.55. The SMILES string of the molecule is CCc1ccc(NC(=O)[C@H](C)N2CCN(CC)CC2)cc1. The van der Waals surface area contributed by atoms with E-state index >= 15 is 0 Å². The zero-order valence-electron chi connectivity index (χ0n) is 13.4. The Bertz CT molecular complexity index is 450. The van der Waals surface area contributed by atoms with Gasteiger partial charge in [0.25, 0.3) is 0 Å². The molecule has 1 aliphatic heterocycles. The van der Waals surface area contributed by atoms with E-state index < -0.39 is 0 Å². The Labute approximate surface area is 128 Å². The van der Waals surface area contributed by atoms with Crippen molar-refractivity contribution < 1.29 is 4.79 Å². The van der Waals surface area contributed by atoms with Crippen LogP contribution in [-0.4, -0.2) is 54.5 Å². The molecule has 1 N–H and O–H groups in total. The summed E-state index contributed by atoms with van der Waals surface area (Å²) < 4.78 is 0. The summed E-state index contributed by atoms with van der Waals surface area (Å²) in [5, 5.41) is 3.02. The number of hydrogen-bond donors (Lipinski definition) is 1. The third-order valence-corrected chi connectivity index (χ3v) is 4.41. The van der Waals surface area contributed by atoms with Gasteiger partial charge < -0.3 is 10.2 Å². The number of likely N-dealkylation sites (N-methyl/N-ethyl adjacent to an activating group) is 1. The van der Waals surface area contributed by atoms with Crippen LogP contribution in [-0.2, 0) is 11.2 Å². The van der Waals surface area contributed by atoms with Gasteiger partial charge in [0.05, 0.1) is 6.04 Å². The number of piperazine rings is 1. The molecule has 1 atom stereocenters. The largest absolute Gasteiger partial charge is 0.325 e. The van der Waals surface area contributed by atoms with Crippen molar-refractivity contribution in [3.05, 3.63) is 29.8 Å². The third kappa shape index (κ3) is 4.29. The molecule has 0 unspecified atom stereocenters. The monoisotopic (exact) mass is 289 g/mol. The van der Waals surface area contributed by atoms with Crippen LogP contribution in [0, 0.1) is 0 Å².